The second kappa shape index (κ2) is 7.53. The smallest absolute Gasteiger partial charge is 0.270 e. The number of nitro benzene ring substituents is 1. The minimum atomic E-state index is -0.587. The van der Waals surface area contributed by atoms with Gasteiger partial charge in [0.05, 0.1) is 11.5 Å². The van der Waals surface area contributed by atoms with Gasteiger partial charge in [0, 0.05) is 50.8 Å². The van der Waals surface area contributed by atoms with Crippen molar-refractivity contribution in [2.75, 3.05) is 32.7 Å². The molecule has 9 heteroatoms. The van der Waals surface area contributed by atoms with Crippen molar-refractivity contribution < 1.29 is 19.3 Å². The summed E-state index contributed by atoms with van der Waals surface area (Å²) in [6.45, 7) is 3.08. The van der Waals surface area contributed by atoms with Gasteiger partial charge in [-0.15, -0.1) is 0 Å². The van der Waals surface area contributed by atoms with Gasteiger partial charge in [-0.2, -0.15) is 0 Å². The molecule has 1 heterocycles. The number of non-ortho nitro benzene ring substituents is 1. The highest BCUT2D eigenvalue weighted by molar-refractivity contribution is 5.97. The number of nitrogens with zero attached hydrogens (tertiary/aromatic N) is 3. The van der Waals surface area contributed by atoms with Crippen LogP contribution in [-0.4, -0.2) is 65.2 Å². The van der Waals surface area contributed by atoms with E-state index in [9.17, 15) is 24.5 Å². The molecule has 0 aromatic heterocycles. The summed E-state index contributed by atoms with van der Waals surface area (Å²) >= 11 is 0. The molecule has 24 heavy (non-hydrogen) atoms. The van der Waals surface area contributed by atoms with E-state index in [4.69, 9.17) is 0 Å². The van der Waals surface area contributed by atoms with Crippen molar-refractivity contribution in [2.24, 2.45) is 0 Å². The monoisotopic (exact) mass is 334 g/mol. The maximum atomic E-state index is 12.1. The van der Waals surface area contributed by atoms with Crippen molar-refractivity contribution >= 4 is 23.4 Å². The van der Waals surface area contributed by atoms with Crippen LogP contribution >= 0.6 is 0 Å². The van der Waals surface area contributed by atoms with E-state index in [1.54, 1.807) is 9.80 Å². The quantitative estimate of drug-likeness (QED) is 0.616. The van der Waals surface area contributed by atoms with Crippen LogP contribution in [0.2, 0.25) is 0 Å². The molecular weight excluding hydrogens is 316 g/mol. The minimum absolute atomic E-state index is 0.0268. The summed E-state index contributed by atoms with van der Waals surface area (Å²) in [5.74, 6) is -0.826. The Bertz CT molecular complexity index is 668. The maximum absolute atomic E-state index is 12.1. The fraction of sp³-hybridized carbons (Fsp3) is 0.400. The number of benzene rings is 1. The first-order valence-corrected chi connectivity index (χ1v) is 7.44. The molecule has 9 nitrogen and oxygen atoms in total. The lowest BCUT2D eigenvalue weighted by atomic mass is 10.2. The number of hydrogen-bond donors (Lipinski definition) is 1. The molecule has 1 aromatic rings. The predicted octanol–water partition coefficient (Wildman–Crippen LogP) is 0.0153. The molecule has 1 aliphatic heterocycles. The van der Waals surface area contributed by atoms with Gasteiger partial charge in [0.15, 0.2) is 0 Å². The highest BCUT2D eigenvalue weighted by Gasteiger charge is 2.22. The first-order chi connectivity index (χ1) is 11.4. The zero-order valence-corrected chi connectivity index (χ0v) is 13.2. The van der Waals surface area contributed by atoms with E-state index in [-0.39, 0.29) is 29.6 Å². The molecule has 0 radical (unpaired) electrons. The summed E-state index contributed by atoms with van der Waals surface area (Å²) in [4.78, 5) is 48.7. The summed E-state index contributed by atoms with van der Waals surface area (Å²) in [7, 11) is 0. The van der Waals surface area contributed by atoms with E-state index in [0.29, 0.717) is 26.2 Å². The van der Waals surface area contributed by atoms with Gasteiger partial charge in [0.25, 0.3) is 11.6 Å². The van der Waals surface area contributed by atoms with E-state index >= 15 is 0 Å². The molecule has 1 aliphatic rings. The third-order valence-corrected chi connectivity index (χ3v) is 3.80. The SMILES string of the molecule is CC(=O)N1CCN(C(=O)CNC(=O)c2cccc([N+](=O)[O-])c2)CC1. The van der Waals surface area contributed by atoms with Crippen molar-refractivity contribution in [3.8, 4) is 0 Å². The second-order valence-corrected chi connectivity index (χ2v) is 5.38. The summed E-state index contributed by atoms with van der Waals surface area (Å²) in [6.07, 6.45) is 0. The Hall–Kier alpha value is -2.97. The lowest BCUT2D eigenvalue weighted by Crippen LogP contribution is -2.52. The molecule has 0 saturated carbocycles. The van der Waals surface area contributed by atoms with Crippen LogP contribution in [0.15, 0.2) is 24.3 Å². The highest BCUT2D eigenvalue weighted by atomic mass is 16.6. The van der Waals surface area contributed by atoms with Crippen molar-refractivity contribution in [2.45, 2.75) is 6.92 Å². The van der Waals surface area contributed by atoms with Gasteiger partial charge in [-0.05, 0) is 6.07 Å². The standard InChI is InChI=1S/C15H18N4O5/c1-11(20)17-5-7-18(8-6-17)14(21)10-16-15(22)12-3-2-4-13(9-12)19(23)24/h2-4,9H,5-8,10H2,1H3,(H,16,22). The molecule has 0 spiro atoms. The number of hydrogen-bond acceptors (Lipinski definition) is 5. The topological polar surface area (TPSA) is 113 Å². The molecule has 0 bridgehead atoms. The minimum Gasteiger partial charge on any atom is -0.343 e. The van der Waals surface area contributed by atoms with E-state index in [1.165, 1.54) is 25.1 Å². The van der Waals surface area contributed by atoms with E-state index < -0.39 is 10.8 Å². The molecule has 1 aromatic carbocycles. The molecule has 1 N–H and O–H groups in total. The zero-order chi connectivity index (χ0) is 17.7. The Morgan fingerprint density at radius 2 is 1.79 bits per heavy atom. The maximum Gasteiger partial charge on any atom is 0.270 e. The van der Waals surface area contributed by atoms with Gasteiger partial charge in [0.2, 0.25) is 11.8 Å². The van der Waals surface area contributed by atoms with Crippen LogP contribution in [0.3, 0.4) is 0 Å². The van der Waals surface area contributed by atoms with Crippen molar-refractivity contribution in [3.63, 3.8) is 0 Å². The molecule has 2 rings (SSSR count). The summed E-state index contributed by atoms with van der Waals surface area (Å²) in [5.41, 5.74) is -0.0623. The van der Waals surface area contributed by atoms with Crippen LogP contribution < -0.4 is 5.32 Å². The van der Waals surface area contributed by atoms with Crippen LogP contribution in [0.5, 0.6) is 0 Å². The number of rotatable bonds is 4. The van der Waals surface area contributed by atoms with Crippen molar-refractivity contribution in [1.29, 1.82) is 0 Å². The molecule has 1 saturated heterocycles. The fourth-order valence-electron chi connectivity index (χ4n) is 2.40. The normalized spacial score (nSPS) is 14.2. The van der Waals surface area contributed by atoms with Crippen LogP contribution in [0.4, 0.5) is 5.69 Å². The Morgan fingerprint density at radius 3 is 2.38 bits per heavy atom. The van der Waals surface area contributed by atoms with Crippen molar-refractivity contribution in [1.82, 2.24) is 15.1 Å². The average Bonchev–Trinajstić information content (AvgIpc) is 2.59. The number of piperazine rings is 1. The van der Waals surface area contributed by atoms with Crippen LogP contribution in [0.25, 0.3) is 0 Å². The number of carbonyl (C=O) groups is 3. The van der Waals surface area contributed by atoms with Gasteiger partial charge in [-0.3, -0.25) is 24.5 Å². The van der Waals surface area contributed by atoms with Crippen molar-refractivity contribution in [3.05, 3.63) is 39.9 Å². The van der Waals surface area contributed by atoms with E-state index in [2.05, 4.69) is 5.32 Å². The summed E-state index contributed by atoms with van der Waals surface area (Å²) in [6, 6.07) is 5.30. The second-order valence-electron chi connectivity index (χ2n) is 5.38. The average molecular weight is 334 g/mol. The summed E-state index contributed by atoms with van der Waals surface area (Å²) in [5, 5.41) is 13.2. The Morgan fingerprint density at radius 1 is 1.17 bits per heavy atom. The van der Waals surface area contributed by atoms with Crippen LogP contribution in [-0.2, 0) is 9.59 Å². The van der Waals surface area contributed by atoms with Gasteiger partial charge in [-0.1, -0.05) is 6.07 Å². The van der Waals surface area contributed by atoms with Gasteiger partial charge >= 0.3 is 0 Å². The van der Waals surface area contributed by atoms with Gasteiger partial charge in [0.1, 0.15) is 0 Å². The Kier molecular flexibility index (Phi) is 5.46. The molecular formula is C15H18N4O5. The molecule has 0 unspecified atom stereocenters. The zero-order valence-electron chi connectivity index (χ0n) is 13.2. The lowest BCUT2D eigenvalue weighted by Gasteiger charge is -2.34. The molecule has 0 aliphatic carbocycles. The van der Waals surface area contributed by atoms with E-state index in [1.807, 2.05) is 0 Å². The van der Waals surface area contributed by atoms with Crippen LogP contribution in [0.1, 0.15) is 17.3 Å². The Balaban J connectivity index is 1.86. The fourth-order valence-corrected chi connectivity index (χ4v) is 2.40. The molecule has 128 valence electrons. The largest absolute Gasteiger partial charge is 0.343 e. The number of nitrogens with one attached hydrogen (secondary N) is 1. The predicted molar refractivity (Wildman–Crippen MR) is 84.3 cm³/mol. The number of nitro groups is 1. The first kappa shape index (κ1) is 17.4. The van der Waals surface area contributed by atoms with Gasteiger partial charge < -0.3 is 15.1 Å². The lowest BCUT2D eigenvalue weighted by molar-refractivity contribution is -0.384. The summed E-state index contributed by atoms with van der Waals surface area (Å²) < 4.78 is 0. The number of amides is 3. The third-order valence-electron chi connectivity index (χ3n) is 3.80. The van der Waals surface area contributed by atoms with Gasteiger partial charge in [-0.25, -0.2) is 0 Å². The number of carbonyl (C=O) groups excluding carboxylic acids is 3. The Labute approximate surface area is 138 Å². The first-order valence-electron chi connectivity index (χ1n) is 7.44. The molecule has 0 atom stereocenters. The van der Waals surface area contributed by atoms with Crippen LogP contribution in [0, 0.1) is 10.1 Å². The molecule has 3 amide bonds. The van der Waals surface area contributed by atoms with E-state index in [0.717, 1.165) is 6.07 Å². The molecule has 1 fully saturated rings. The third kappa shape index (κ3) is 4.28. The highest BCUT2D eigenvalue weighted by Crippen LogP contribution is 2.12.